The molecule has 2 fully saturated rings. The number of fused-ring (bicyclic) bond motifs is 1. The molecule has 0 aromatic carbocycles. The van der Waals surface area contributed by atoms with Crippen LogP contribution in [0, 0.1) is 25.7 Å². The van der Waals surface area contributed by atoms with E-state index >= 15 is 0 Å². The molecule has 1 unspecified atom stereocenters. The van der Waals surface area contributed by atoms with Crippen LogP contribution in [0.2, 0.25) is 0 Å². The molecule has 1 saturated heterocycles. The summed E-state index contributed by atoms with van der Waals surface area (Å²) in [5.41, 5.74) is 0.937. The van der Waals surface area contributed by atoms with Crippen LogP contribution in [0.3, 0.4) is 0 Å². The first-order valence-corrected chi connectivity index (χ1v) is 10.1. The van der Waals surface area contributed by atoms with E-state index in [1.807, 2.05) is 25.7 Å². The molecule has 1 aliphatic carbocycles. The standard InChI is InChI=1S/C20H28N6O3/c1-11(2)18(28)26-9-14-7-15(22-17(27)16-6-12(3)23-25(16)5)8-20(14,10-26)19-21-13(4)24-29-19/h6,11,14-15H,7-10H2,1-5H3,(H,22,27)/t14?,15-,20+/m1/s1. The van der Waals surface area contributed by atoms with E-state index in [0.29, 0.717) is 36.9 Å². The van der Waals surface area contributed by atoms with Crippen molar-refractivity contribution in [3.8, 4) is 0 Å². The van der Waals surface area contributed by atoms with Gasteiger partial charge in [0.25, 0.3) is 5.91 Å². The van der Waals surface area contributed by atoms with Gasteiger partial charge in [-0.15, -0.1) is 0 Å². The minimum Gasteiger partial charge on any atom is -0.348 e. The number of amides is 2. The van der Waals surface area contributed by atoms with E-state index in [2.05, 4.69) is 20.6 Å². The molecule has 29 heavy (non-hydrogen) atoms. The van der Waals surface area contributed by atoms with Crippen molar-refractivity contribution in [1.29, 1.82) is 0 Å². The number of nitrogens with zero attached hydrogens (tertiary/aromatic N) is 5. The van der Waals surface area contributed by atoms with Crippen LogP contribution in [0.15, 0.2) is 10.6 Å². The van der Waals surface area contributed by atoms with Crippen molar-refractivity contribution in [1.82, 2.24) is 30.1 Å². The summed E-state index contributed by atoms with van der Waals surface area (Å²) in [5.74, 6) is 1.28. The second kappa shape index (κ2) is 6.96. The molecule has 2 aromatic heterocycles. The van der Waals surface area contributed by atoms with Gasteiger partial charge >= 0.3 is 0 Å². The van der Waals surface area contributed by atoms with Crippen LogP contribution >= 0.6 is 0 Å². The van der Waals surface area contributed by atoms with Gasteiger partial charge in [0, 0.05) is 32.1 Å². The highest BCUT2D eigenvalue weighted by molar-refractivity contribution is 5.92. The fourth-order valence-electron chi connectivity index (χ4n) is 4.93. The summed E-state index contributed by atoms with van der Waals surface area (Å²) in [6.07, 6.45) is 1.44. The molecule has 2 aromatic rings. The lowest BCUT2D eigenvalue weighted by molar-refractivity contribution is -0.133. The van der Waals surface area contributed by atoms with Crippen LogP contribution in [-0.4, -0.2) is 55.8 Å². The van der Waals surface area contributed by atoms with Crippen molar-refractivity contribution in [2.24, 2.45) is 18.9 Å². The van der Waals surface area contributed by atoms with E-state index in [1.54, 1.807) is 24.7 Å². The summed E-state index contributed by atoms with van der Waals surface area (Å²) in [7, 11) is 1.77. The molecule has 1 saturated carbocycles. The normalized spacial score (nSPS) is 26.2. The molecule has 0 spiro atoms. The number of aromatic nitrogens is 4. The van der Waals surface area contributed by atoms with Crippen molar-refractivity contribution in [2.75, 3.05) is 13.1 Å². The number of carbonyl (C=O) groups excluding carboxylic acids is 2. The summed E-state index contributed by atoms with van der Waals surface area (Å²) in [6.45, 7) is 8.69. The van der Waals surface area contributed by atoms with Crippen LogP contribution in [0.25, 0.3) is 0 Å². The van der Waals surface area contributed by atoms with E-state index in [4.69, 9.17) is 4.52 Å². The topological polar surface area (TPSA) is 106 Å². The second-order valence-corrected chi connectivity index (χ2v) is 8.78. The number of likely N-dealkylation sites (tertiary alicyclic amines) is 1. The fourth-order valence-corrected chi connectivity index (χ4v) is 4.93. The molecule has 3 heterocycles. The Morgan fingerprint density at radius 3 is 2.69 bits per heavy atom. The van der Waals surface area contributed by atoms with Crippen molar-refractivity contribution < 1.29 is 14.1 Å². The van der Waals surface area contributed by atoms with Gasteiger partial charge in [0.15, 0.2) is 5.82 Å². The number of carbonyl (C=O) groups is 2. The van der Waals surface area contributed by atoms with Gasteiger partial charge < -0.3 is 14.7 Å². The smallest absolute Gasteiger partial charge is 0.269 e. The van der Waals surface area contributed by atoms with Gasteiger partial charge in [-0.2, -0.15) is 10.1 Å². The van der Waals surface area contributed by atoms with Gasteiger partial charge in [-0.1, -0.05) is 19.0 Å². The molecule has 1 aliphatic heterocycles. The summed E-state index contributed by atoms with van der Waals surface area (Å²) in [5, 5.41) is 11.4. The van der Waals surface area contributed by atoms with Crippen LogP contribution in [-0.2, 0) is 17.3 Å². The molecule has 4 rings (SSSR count). The van der Waals surface area contributed by atoms with Gasteiger partial charge in [0.1, 0.15) is 5.69 Å². The van der Waals surface area contributed by atoms with E-state index < -0.39 is 5.41 Å². The predicted octanol–water partition coefficient (Wildman–Crippen LogP) is 1.36. The summed E-state index contributed by atoms with van der Waals surface area (Å²) >= 11 is 0. The molecule has 1 N–H and O–H groups in total. The maximum Gasteiger partial charge on any atom is 0.269 e. The zero-order valence-electron chi connectivity index (χ0n) is 17.6. The monoisotopic (exact) mass is 400 g/mol. The third kappa shape index (κ3) is 3.32. The first-order valence-electron chi connectivity index (χ1n) is 10.1. The Morgan fingerprint density at radius 1 is 1.34 bits per heavy atom. The molecule has 9 heteroatoms. The lowest BCUT2D eigenvalue weighted by Gasteiger charge is -2.26. The van der Waals surface area contributed by atoms with E-state index in [1.165, 1.54) is 0 Å². The molecule has 0 radical (unpaired) electrons. The molecular weight excluding hydrogens is 372 g/mol. The average Bonchev–Trinajstić information content (AvgIpc) is 3.36. The van der Waals surface area contributed by atoms with Crippen molar-refractivity contribution >= 4 is 11.8 Å². The van der Waals surface area contributed by atoms with Gasteiger partial charge in [-0.25, -0.2) is 0 Å². The number of nitrogens with one attached hydrogen (secondary N) is 1. The van der Waals surface area contributed by atoms with Crippen molar-refractivity contribution in [2.45, 2.75) is 52.0 Å². The van der Waals surface area contributed by atoms with E-state index in [9.17, 15) is 9.59 Å². The lowest BCUT2D eigenvalue weighted by atomic mass is 9.80. The summed E-state index contributed by atoms with van der Waals surface area (Å²) < 4.78 is 7.17. The Balaban J connectivity index is 1.56. The van der Waals surface area contributed by atoms with Crippen molar-refractivity contribution in [3.63, 3.8) is 0 Å². The maximum absolute atomic E-state index is 12.8. The van der Waals surface area contributed by atoms with Crippen LogP contribution < -0.4 is 5.32 Å². The fraction of sp³-hybridized carbons (Fsp3) is 0.650. The largest absolute Gasteiger partial charge is 0.348 e. The molecule has 2 amide bonds. The maximum atomic E-state index is 12.8. The van der Waals surface area contributed by atoms with Crippen LogP contribution in [0.5, 0.6) is 0 Å². The molecule has 9 nitrogen and oxygen atoms in total. The van der Waals surface area contributed by atoms with Gasteiger partial charge in [0.2, 0.25) is 11.8 Å². The Labute approximate surface area is 169 Å². The summed E-state index contributed by atoms with van der Waals surface area (Å²) in [6, 6.07) is 1.76. The van der Waals surface area contributed by atoms with Gasteiger partial charge in [-0.05, 0) is 38.7 Å². The molecule has 3 atom stereocenters. The number of hydrogen-bond acceptors (Lipinski definition) is 6. The molecule has 156 valence electrons. The second-order valence-electron chi connectivity index (χ2n) is 8.78. The highest BCUT2D eigenvalue weighted by Gasteiger charge is 2.58. The minimum absolute atomic E-state index is 0.0220. The number of hydrogen-bond donors (Lipinski definition) is 1. The lowest BCUT2D eigenvalue weighted by Crippen LogP contribution is -2.40. The highest BCUT2D eigenvalue weighted by atomic mass is 16.5. The van der Waals surface area contributed by atoms with Crippen LogP contribution in [0.1, 0.15) is 54.6 Å². The molecule has 2 aliphatic rings. The average molecular weight is 400 g/mol. The quantitative estimate of drug-likeness (QED) is 0.831. The highest BCUT2D eigenvalue weighted by Crippen LogP contribution is 2.50. The Kier molecular flexibility index (Phi) is 4.71. The molecule has 0 bridgehead atoms. The Bertz CT molecular complexity index is 948. The third-order valence-electron chi connectivity index (χ3n) is 6.20. The van der Waals surface area contributed by atoms with E-state index in [0.717, 1.165) is 12.1 Å². The first kappa shape index (κ1) is 19.6. The summed E-state index contributed by atoms with van der Waals surface area (Å²) in [4.78, 5) is 31.8. The van der Waals surface area contributed by atoms with Crippen LogP contribution in [0.4, 0.5) is 0 Å². The third-order valence-corrected chi connectivity index (χ3v) is 6.20. The van der Waals surface area contributed by atoms with Gasteiger partial charge in [0.05, 0.1) is 11.1 Å². The number of aryl methyl sites for hydroxylation is 3. The zero-order valence-corrected chi connectivity index (χ0v) is 17.6. The first-order chi connectivity index (χ1) is 13.7. The van der Waals surface area contributed by atoms with Crippen molar-refractivity contribution in [3.05, 3.63) is 29.2 Å². The Hall–Kier alpha value is -2.71. The molecular formula is C20H28N6O3. The van der Waals surface area contributed by atoms with E-state index in [-0.39, 0.29) is 29.7 Å². The predicted molar refractivity (Wildman–Crippen MR) is 104 cm³/mol. The van der Waals surface area contributed by atoms with Gasteiger partial charge in [-0.3, -0.25) is 14.3 Å². The number of rotatable bonds is 4. The SMILES string of the molecule is Cc1cc(C(=O)N[C@@H]2CC3CN(C(=O)C(C)C)C[C@@]3(c3nc(C)no3)C2)n(C)n1. The Morgan fingerprint density at radius 2 is 2.10 bits per heavy atom. The minimum atomic E-state index is -0.411. The zero-order chi connectivity index (χ0) is 20.9.